The van der Waals surface area contributed by atoms with Gasteiger partial charge in [0, 0.05) is 38.3 Å². The van der Waals surface area contributed by atoms with Crippen LogP contribution in [0, 0.1) is 6.92 Å². The van der Waals surface area contributed by atoms with E-state index in [1.54, 1.807) is 23.9 Å². The summed E-state index contributed by atoms with van der Waals surface area (Å²) in [7, 11) is 1.74. The fourth-order valence-corrected chi connectivity index (χ4v) is 2.62. The summed E-state index contributed by atoms with van der Waals surface area (Å²) < 4.78 is 1.55. The molecule has 1 fully saturated rings. The molecule has 0 unspecified atom stereocenters. The van der Waals surface area contributed by atoms with Crippen molar-refractivity contribution in [3.8, 4) is 0 Å². The van der Waals surface area contributed by atoms with Crippen LogP contribution < -0.4 is 5.32 Å². The van der Waals surface area contributed by atoms with Gasteiger partial charge in [0.2, 0.25) is 0 Å². The Kier molecular flexibility index (Phi) is 5.44. The van der Waals surface area contributed by atoms with Crippen LogP contribution in [0.2, 0.25) is 5.15 Å². The third kappa shape index (κ3) is 3.73. The maximum absolute atomic E-state index is 12.4. The minimum Gasteiger partial charge on any atom is -0.333 e. The Morgan fingerprint density at radius 3 is 2.70 bits per heavy atom. The molecule has 23 heavy (non-hydrogen) atoms. The molecule has 3 amide bonds. The highest BCUT2D eigenvalue weighted by Crippen LogP contribution is 2.20. The van der Waals surface area contributed by atoms with Crippen LogP contribution in [0.1, 0.15) is 17.7 Å². The minimum atomic E-state index is -0.306. The summed E-state index contributed by atoms with van der Waals surface area (Å²) in [4.78, 5) is 24.4. The Bertz CT molecular complexity index is 653. The van der Waals surface area contributed by atoms with Gasteiger partial charge in [-0.25, -0.2) is 14.8 Å². The number of aromatic nitrogens is 2. The number of carbonyl (C=O) groups is 2. The van der Waals surface area contributed by atoms with Crippen LogP contribution in [0.25, 0.3) is 6.08 Å². The molecular weight excluding hydrogens is 318 g/mol. The maximum Gasteiger partial charge on any atom is 0.336 e. The lowest BCUT2D eigenvalue weighted by atomic mass is 10.2. The van der Waals surface area contributed by atoms with Gasteiger partial charge in [-0.2, -0.15) is 5.10 Å². The number of hydrogen-bond acceptors (Lipinski definition) is 3. The maximum atomic E-state index is 12.4. The van der Waals surface area contributed by atoms with Crippen LogP contribution in [0.4, 0.5) is 4.79 Å². The second kappa shape index (κ2) is 7.32. The fraction of sp³-hybridized carbons (Fsp3) is 0.400. The number of amides is 3. The van der Waals surface area contributed by atoms with E-state index in [0.29, 0.717) is 30.4 Å². The van der Waals surface area contributed by atoms with Gasteiger partial charge in [0.05, 0.1) is 5.69 Å². The molecule has 0 aromatic carbocycles. The molecule has 0 atom stereocenters. The molecule has 124 valence electrons. The normalized spacial score (nSPS) is 14.6. The van der Waals surface area contributed by atoms with Gasteiger partial charge in [-0.3, -0.25) is 9.48 Å². The molecule has 1 aliphatic heterocycles. The molecule has 8 heteroatoms. The van der Waals surface area contributed by atoms with Crippen molar-refractivity contribution in [2.45, 2.75) is 13.3 Å². The van der Waals surface area contributed by atoms with Gasteiger partial charge in [-0.15, -0.1) is 6.58 Å². The van der Waals surface area contributed by atoms with E-state index in [1.165, 1.54) is 16.1 Å². The van der Waals surface area contributed by atoms with E-state index in [2.05, 4.69) is 17.0 Å². The van der Waals surface area contributed by atoms with Gasteiger partial charge >= 0.3 is 6.03 Å². The first kappa shape index (κ1) is 17.1. The van der Waals surface area contributed by atoms with Gasteiger partial charge in [0.25, 0.3) is 5.91 Å². The smallest absolute Gasteiger partial charge is 0.333 e. The molecule has 7 nitrogen and oxygen atoms in total. The Morgan fingerprint density at radius 2 is 2.09 bits per heavy atom. The predicted molar refractivity (Wildman–Crippen MR) is 88.6 cm³/mol. The summed E-state index contributed by atoms with van der Waals surface area (Å²) >= 11 is 6.13. The van der Waals surface area contributed by atoms with Gasteiger partial charge in [0.1, 0.15) is 5.15 Å². The van der Waals surface area contributed by atoms with Crippen LogP contribution in [0.15, 0.2) is 18.7 Å². The summed E-state index contributed by atoms with van der Waals surface area (Å²) in [6.45, 7) is 6.74. The summed E-state index contributed by atoms with van der Waals surface area (Å²) in [5.74, 6) is -0.268. The Morgan fingerprint density at radius 1 is 1.39 bits per heavy atom. The lowest BCUT2D eigenvalue weighted by molar-refractivity contribution is -0.134. The number of halogens is 1. The molecule has 1 saturated heterocycles. The van der Waals surface area contributed by atoms with Crippen LogP contribution in [-0.4, -0.2) is 51.4 Å². The second-order valence-corrected chi connectivity index (χ2v) is 5.52. The zero-order valence-corrected chi connectivity index (χ0v) is 14.0. The highest BCUT2D eigenvalue weighted by molar-refractivity contribution is 6.31. The van der Waals surface area contributed by atoms with E-state index >= 15 is 0 Å². The number of hydrazine groups is 1. The molecular formula is C15H20ClN5O2. The summed E-state index contributed by atoms with van der Waals surface area (Å²) in [6, 6.07) is -0.306. The van der Waals surface area contributed by atoms with E-state index in [0.717, 1.165) is 12.1 Å². The van der Waals surface area contributed by atoms with Gasteiger partial charge in [0.15, 0.2) is 0 Å². The van der Waals surface area contributed by atoms with E-state index < -0.39 is 0 Å². The standard InChI is InChI=1S/C15H20ClN5O2/c1-4-8-17-15(23)21-10-5-9-20(21)13(22)7-6-12-11(2)18-19(3)14(12)16/h4,6-7H,1,5,8-10H2,2-3H3,(H,17,23). The topological polar surface area (TPSA) is 70.5 Å². The van der Waals surface area contributed by atoms with Crippen molar-refractivity contribution in [2.24, 2.45) is 7.05 Å². The summed E-state index contributed by atoms with van der Waals surface area (Å²) in [5.41, 5.74) is 1.44. The zero-order valence-electron chi connectivity index (χ0n) is 13.3. The third-order valence-corrected chi connectivity index (χ3v) is 3.95. The largest absolute Gasteiger partial charge is 0.336 e. The number of urea groups is 1. The van der Waals surface area contributed by atoms with E-state index in [9.17, 15) is 9.59 Å². The Balaban J connectivity index is 2.08. The monoisotopic (exact) mass is 337 g/mol. The van der Waals surface area contributed by atoms with Crippen molar-refractivity contribution in [1.82, 2.24) is 25.1 Å². The number of rotatable bonds is 4. The molecule has 0 spiro atoms. The van der Waals surface area contributed by atoms with Crippen molar-refractivity contribution in [2.75, 3.05) is 19.6 Å². The van der Waals surface area contributed by atoms with Crippen molar-refractivity contribution < 1.29 is 9.59 Å². The molecule has 1 N–H and O–H groups in total. The van der Waals surface area contributed by atoms with Gasteiger partial charge in [-0.1, -0.05) is 17.7 Å². The first-order chi connectivity index (χ1) is 11.0. The Labute approximate surface area is 140 Å². The highest BCUT2D eigenvalue weighted by Gasteiger charge is 2.29. The lowest BCUT2D eigenvalue weighted by Crippen LogP contribution is -2.48. The average Bonchev–Trinajstić information content (AvgIpc) is 3.09. The zero-order chi connectivity index (χ0) is 17.0. The molecule has 2 rings (SSSR count). The number of nitrogens with zero attached hydrogens (tertiary/aromatic N) is 4. The summed E-state index contributed by atoms with van der Waals surface area (Å²) in [5, 5.41) is 10.2. The molecule has 1 aromatic heterocycles. The lowest BCUT2D eigenvalue weighted by Gasteiger charge is -2.26. The predicted octanol–water partition coefficient (Wildman–Crippen LogP) is 1.74. The van der Waals surface area contributed by atoms with E-state index in [-0.39, 0.29) is 11.9 Å². The van der Waals surface area contributed by atoms with Crippen molar-refractivity contribution >= 4 is 29.6 Å². The SMILES string of the molecule is C=CCNC(=O)N1CCCN1C(=O)C=Cc1c(C)nn(C)c1Cl. The number of carbonyl (C=O) groups excluding carboxylic acids is 2. The summed E-state index contributed by atoms with van der Waals surface area (Å²) in [6.07, 6.45) is 5.38. The second-order valence-electron chi connectivity index (χ2n) is 5.16. The van der Waals surface area contributed by atoms with E-state index in [4.69, 9.17) is 11.6 Å². The quantitative estimate of drug-likeness (QED) is 0.672. The van der Waals surface area contributed by atoms with Crippen LogP contribution in [0.5, 0.6) is 0 Å². The fourth-order valence-electron chi connectivity index (χ4n) is 2.38. The van der Waals surface area contributed by atoms with Crippen molar-refractivity contribution in [1.29, 1.82) is 0 Å². The van der Waals surface area contributed by atoms with Crippen LogP contribution in [0.3, 0.4) is 0 Å². The molecule has 1 aromatic rings. The first-order valence-electron chi connectivity index (χ1n) is 7.30. The first-order valence-corrected chi connectivity index (χ1v) is 7.68. The number of nitrogens with one attached hydrogen (secondary N) is 1. The molecule has 0 radical (unpaired) electrons. The molecule has 0 aliphatic carbocycles. The molecule has 0 bridgehead atoms. The third-order valence-electron chi connectivity index (χ3n) is 3.51. The van der Waals surface area contributed by atoms with Gasteiger partial charge in [-0.05, 0) is 19.4 Å². The van der Waals surface area contributed by atoms with Crippen molar-refractivity contribution in [3.63, 3.8) is 0 Å². The molecule has 0 saturated carbocycles. The van der Waals surface area contributed by atoms with E-state index in [1.807, 2.05) is 6.92 Å². The number of hydrogen-bond donors (Lipinski definition) is 1. The minimum absolute atomic E-state index is 0.268. The van der Waals surface area contributed by atoms with Crippen molar-refractivity contribution in [3.05, 3.63) is 35.1 Å². The highest BCUT2D eigenvalue weighted by atomic mass is 35.5. The molecule has 2 heterocycles. The van der Waals surface area contributed by atoms with Gasteiger partial charge < -0.3 is 5.32 Å². The number of aryl methyl sites for hydroxylation is 2. The van der Waals surface area contributed by atoms with Crippen LogP contribution in [-0.2, 0) is 11.8 Å². The Hall–Kier alpha value is -2.28. The molecule has 1 aliphatic rings. The average molecular weight is 338 g/mol. The van der Waals surface area contributed by atoms with Crippen LogP contribution >= 0.6 is 11.6 Å².